The third-order valence-corrected chi connectivity index (χ3v) is 3.17. The van der Waals surface area contributed by atoms with Crippen LogP contribution in [0.3, 0.4) is 0 Å². The van der Waals surface area contributed by atoms with Gasteiger partial charge in [-0.1, -0.05) is 18.6 Å². The van der Waals surface area contributed by atoms with Crippen LogP contribution in [0.5, 0.6) is 0 Å². The second kappa shape index (κ2) is 6.19. The second-order valence-electron chi connectivity index (χ2n) is 4.53. The van der Waals surface area contributed by atoms with E-state index in [1.165, 1.54) is 30.9 Å². The van der Waals surface area contributed by atoms with Crippen LogP contribution in [0.25, 0.3) is 0 Å². The summed E-state index contributed by atoms with van der Waals surface area (Å²) in [5.41, 5.74) is 2.06. The number of allylic oxidation sites excluding steroid dienone is 1. The van der Waals surface area contributed by atoms with Gasteiger partial charge in [0, 0.05) is 6.07 Å². The molecule has 4 nitrogen and oxygen atoms in total. The van der Waals surface area contributed by atoms with E-state index in [-0.39, 0.29) is 17.2 Å². The van der Waals surface area contributed by atoms with E-state index in [0.29, 0.717) is 5.56 Å². The summed E-state index contributed by atoms with van der Waals surface area (Å²) in [6.45, 7) is 0.265. The van der Waals surface area contributed by atoms with Crippen LogP contribution >= 0.6 is 0 Å². The highest BCUT2D eigenvalue weighted by Gasteiger charge is 2.12. The Balaban J connectivity index is 1.95. The zero-order chi connectivity index (χ0) is 12.8. The highest BCUT2D eigenvalue weighted by molar-refractivity contribution is 5.39. The van der Waals surface area contributed by atoms with E-state index < -0.39 is 0 Å². The zero-order valence-corrected chi connectivity index (χ0v) is 10.3. The minimum atomic E-state index is -0.369. The van der Waals surface area contributed by atoms with Gasteiger partial charge in [-0.2, -0.15) is 0 Å². The van der Waals surface area contributed by atoms with E-state index in [0.717, 1.165) is 12.8 Å². The van der Waals surface area contributed by atoms with Gasteiger partial charge in [0.15, 0.2) is 0 Å². The van der Waals surface area contributed by atoms with E-state index in [2.05, 4.69) is 0 Å². The fourth-order valence-corrected chi connectivity index (χ4v) is 2.18. The Labute approximate surface area is 106 Å². The molecule has 18 heavy (non-hydrogen) atoms. The highest BCUT2D eigenvalue weighted by Crippen LogP contribution is 2.23. The first kappa shape index (κ1) is 12.6. The molecule has 0 aromatic heterocycles. The quantitative estimate of drug-likeness (QED) is 0.459. The first-order valence-corrected chi connectivity index (χ1v) is 6.29. The van der Waals surface area contributed by atoms with Gasteiger partial charge in [-0.15, -0.1) is 0 Å². The molecule has 96 valence electrons. The number of benzene rings is 1. The molecule has 0 aliphatic heterocycles. The smallest absolute Gasteiger partial charge is 0.276 e. The Morgan fingerprint density at radius 2 is 1.94 bits per heavy atom. The number of nitrogens with zero attached hydrogens (tertiary/aromatic N) is 1. The molecular formula is C14H17NO3. The van der Waals surface area contributed by atoms with Crippen LogP contribution in [-0.4, -0.2) is 4.92 Å². The maximum Gasteiger partial charge on any atom is 0.276 e. The van der Waals surface area contributed by atoms with Crippen molar-refractivity contribution in [3.05, 3.63) is 51.8 Å². The predicted molar refractivity (Wildman–Crippen MR) is 69.1 cm³/mol. The summed E-state index contributed by atoms with van der Waals surface area (Å²) < 4.78 is 5.48. The molecule has 0 heterocycles. The van der Waals surface area contributed by atoms with Gasteiger partial charge in [0.2, 0.25) is 0 Å². The minimum absolute atomic E-state index is 0.125. The van der Waals surface area contributed by atoms with Crippen LogP contribution in [0.4, 0.5) is 5.69 Å². The maximum absolute atomic E-state index is 10.8. The number of para-hydroxylation sites is 1. The van der Waals surface area contributed by atoms with Crippen molar-refractivity contribution in [1.29, 1.82) is 0 Å². The SMILES string of the molecule is O=[N+]([O-])c1ccccc1COC=C1CCCCC1. The number of hydrogen-bond donors (Lipinski definition) is 0. The van der Waals surface area contributed by atoms with Crippen LogP contribution in [0.2, 0.25) is 0 Å². The van der Waals surface area contributed by atoms with Gasteiger partial charge in [-0.3, -0.25) is 10.1 Å². The molecule has 1 aromatic carbocycles. The first-order valence-electron chi connectivity index (χ1n) is 6.29. The fourth-order valence-electron chi connectivity index (χ4n) is 2.18. The molecule has 2 rings (SSSR count). The molecule has 4 heteroatoms. The molecule has 1 fully saturated rings. The van der Waals surface area contributed by atoms with Gasteiger partial charge < -0.3 is 4.74 Å². The molecule has 1 aliphatic carbocycles. The fraction of sp³-hybridized carbons (Fsp3) is 0.429. The van der Waals surface area contributed by atoms with Gasteiger partial charge in [0.05, 0.1) is 16.7 Å². The largest absolute Gasteiger partial charge is 0.496 e. The number of rotatable bonds is 4. The van der Waals surface area contributed by atoms with E-state index in [1.807, 2.05) is 0 Å². The Morgan fingerprint density at radius 3 is 2.67 bits per heavy atom. The molecule has 0 spiro atoms. The lowest BCUT2D eigenvalue weighted by molar-refractivity contribution is -0.385. The first-order chi connectivity index (χ1) is 8.77. The van der Waals surface area contributed by atoms with Crippen molar-refractivity contribution < 1.29 is 9.66 Å². The lowest BCUT2D eigenvalue weighted by Gasteiger charge is -2.13. The van der Waals surface area contributed by atoms with Crippen molar-refractivity contribution in [1.82, 2.24) is 0 Å². The molecule has 0 amide bonds. The molecule has 0 radical (unpaired) electrons. The van der Waals surface area contributed by atoms with Crippen LogP contribution in [0, 0.1) is 10.1 Å². The van der Waals surface area contributed by atoms with Crippen molar-refractivity contribution in [2.24, 2.45) is 0 Å². The molecule has 0 bridgehead atoms. The summed E-state index contributed by atoms with van der Waals surface area (Å²) in [6.07, 6.45) is 7.71. The predicted octanol–water partition coefficient (Wildman–Crippen LogP) is 3.96. The molecule has 1 aliphatic rings. The lowest BCUT2D eigenvalue weighted by atomic mass is 9.96. The Bertz CT molecular complexity index is 446. The van der Waals surface area contributed by atoms with E-state index >= 15 is 0 Å². The van der Waals surface area contributed by atoms with Crippen molar-refractivity contribution >= 4 is 5.69 Å². The minimum Gasteiger partial charge on any atom is -0.496 e. The van der Waals surface area contributed by atoms with Crippen molar-refractivity contribution in [3.8, 4) is 0 Å². The van der Waals surface area contributed by atoms with Crippen molar-refractivity contribution in [2.75, 3.05) is 0 Å². The normalized spacial score (nSPS) is 15.2. The standard InChI is InChI=1S/C14H17NO3/c16-15(17)14-9-5-4-8-13(14)11-18-10-12-6-2-1-3-7-12/h4-5,8-10H,1-3,6-7,11H2. The van der Waals surface area contributed by atoms with Crippen LogP contribution in [0.1, 0.15) is 37.7 Å². The zero-order valence-electron chi connectivity index (χ0n) is 10.3. The Kier molecular flexibility index (Phi) is 4.34. The molecule has 0 N–H and O–H groups in total. The summed E-state index contributed by atoms with van der Waals surface area (Å²) >= 11 is 0. The third-order valence-electron chi connectivity index (χ3n) is 3.17. The second-order valence-corrected chi connectivity index (χ2v) is 4.53. The number of ether oxygens (including phenoxy) is 1. The van der Waals surface area contributed by atoms with Gasteiger partial charge >= 0.3 is 0 Å². The van der Waals surface area contributed by atoms with Gasteiger partial charge in [-0.05, 0) is 37.3 Å². The van der Waals surface area contributed by atoms with Crippen LogP contribution < -0.4 is 0 Å². The molecule has 0 saturated heterocycles. The lowest BCUT2D eigenvalue weighted by Crippen LogP contribution is -1.98. The molecule has 1 saturated carbocycles. The third kappa shape index (κ3) is 3.32. The van der Waals surface area contributed by atoms with Gasteiger partial charge in [-0.25, -0.2) is 0 Å². The van der Waals surface area contributed by atoms with Crippen LogP contribution in [-0.2, 0) is 11.3 Å². The number of nitro benzene ring substituents is 1. The van der Waals surface area contributed by atoms with E-state index in [9.17, 15) is 10.1 Å². The molecule has 0 atom stereocenters. The average molecular weight is 247 g/mol. The summed E-state index contributed by atoms with van der Waals surface area (Å²) in [6, 6.07) is 6.70. The highest BCUT2D eigenvalue weighted by atomic mass is 16.6. The monoisotopic (exact) mass is 247 g/mol. The van der Waals surface area contributed by atoms with Gasteiger partial charge in [0.25, 0.3) is 5.69 Å². The summed E-state index contributed by atoms with van der Waals surface area (Å²) in [7, 11) is 0. The Morgan fingerprint density at radius 1 is 1.22 bits per heavy atom. The number of hydrogen-bond acceptors (Lipinski definition) is 3. The van der Waals surface area contributed by atoms with Crippen molar-refractivity contribution in [2.45, 2.75) is 38.7 Å². The van der Waals surface area contributed by atoms with Crippen LogP contribution in [0.15, 0.2) is 36.1 Å². The molecule has 0 unspecified atom stereocenters. The maximum atomic E-state index is 10.8. The van der Waals surface area contributed by atoms with Gasteiger partial charge in [0.1, 0.15) is 6.61 Å². The topological polar surface area (TPSA) is 52.4 Å². The van der Waals surface area contributed by atoms with E-state index in [4.69, 9.17) is 4.74 Å². The van der Waals surface area contributed by atoms with E-state index in [1.54, 1.807) is 24.5 Å². The van der Waals surface area contributed by atoms with Crippen molar-refractivity contribution in [3.63, 3.8) is 0 Å². The molecular weight excluding hydrogens is 230 g/mol. The summed E-state index contributed by atoms with van der Waals surface area (Å²) in [5.74, 6) is 0. The number of nitro groups is 1. The molecule has 1 aromatic rings. The summed E-state index contributed by atoms with van der Waals surface area (Å²) in [4.78, 5) is 10.5. The summed E-state index contributed by atoms with van der Waals surface area (Å²) in [5, 5.41) is 10.8. The average Bonchev–Trinajstić information content (AvgIpc) is 2.40. The Hall–Kier alpha value is -1.84.